The third-order valence-corrected chi connectivity index (χ3v) is 4.43. The fourth-order valence-electron chi connectivity index (χ4n) is 2.51. The minimum absolute atomic E-state index is 0.0476. The lowest BCUT2D eigenvalue weighted by molar-refractivity contribution is -0.211. The zero-order chi connectivity index (χ0) is 16.1. The molecule has 2 saturated heterocycles. The topological polar surface area (TPSA) is 140 Å². The van der Waals surface area contributed by atoms with Crippen LogP contribution < -0.4 is 11.2 Å². The second kappa shape index (κ2) is 5.41. The predicted octanol–water partition coefficient (Wildman–Crippen LogP) is -0.991. The van der Waals surface area contributed by atoms with Crippen molar-refractivity contribution < 1.29 is 28.6 Å². The van der Waals surface area contributed by atoms with E-state index in [-0.39, 0.29) is 13.0 Å². The first-order valence-corrected chi connectivity index (χ1v) is 8.23. The number of aromatic amines is 1. The Balaban J connectivity index is 1.81. The van der Waals surface area contributed by atoms with Crippen LogP contribution >= 0.6 is 7.60 Å². The Morgan fingerprint density at radius 3 is 2.73 bits per heavy atom. The van der Waals surface area contributed by atoms with Crippen molar-refractivity contribution in [3.63, 3.8) is 0 Å². The Kier molecular flexibility index (Phi) is 3.84. The number of hydrogen-bond acceptors (Lipinski definition) is 6. The van der Waals surface area contributed by atoms with E-state index in [0.717, 1.165) is 0 Å². The first-order chi connectivity index (χ1) is 10.3. The molecule has 122 valence electrons. The molecule has 0 spiro atoms. The van der Waals surface area contributed by atoms with Gasteiger partial charge in [-0.3, -0.25) is 18.9 Å². The van der Waals surface area contributed by atoms with Gasteiger partial charge in [0.05, 0.1) is 12.7 Å². The van der Waals surface area contributed by atoms with E-state index in [2.05, 4.69) is 4.98 Å². The molecule has 3 rings (SSSR count). The Bertz CT molecular complexity index is 736. The van der Waals surface area contributed by atoms with E-state index < -0.39 is 43.3 Å². The summed E-state index contributed by atoms with van der Waals surface area (Å²) in [5.74, 6) is 0. The van der Waals surface area contributed by atoms with Crippen LogP contribution in [0.5, 0.6) is 0 Å². The molecular formula is C11H15N2O8P. The summed E-state index contributed by atoms with van der Waals surface area (Å²) >= 11 is 0. The van der Waals surface area contributed by atoms with Crippen molar-refractivity contribution in [3.05, 3.63) is 32.6 Å². The average Bonchev–Trinajstić information content (AvgIpc) is 2.84. The molecule has 3 heterocycles. The highest BCUT2D eigenvalue weighted by molar-refractivity contribution is 7.52. The minimum atomic E-state index is -4.52. The molecule has 0 saturated carbocycles. The molecule has 0 aromatic carbocycles. The van der Waals surface area contributed by atoms with Crippen LogP contribution in [0.4, 0.5) is 0 Å². The maximum atomic E-state index is 11.8. The van der Waals surface area contributed by atoms with Gasteiger partial charge in [0, 0.05) is 18.2 Å². The van der Waals surface area contributed by atoms with Crippen LogP contribution in [0.25, 0.3) is 0 Å². The summed E-state index contributed by atoms with van der Waals surface area (Å²) in [7, 11) is -4.52. The fraction of sp³-hybridized carbons (Fsp3) is 0.636. The van der Waals surface area contributed by atoms with Crippen LogP contribution in [0.1, 0.15) is 18.2 Å². The first kappa shape index (κ1) is 15.6. The molecule has 22 heavy (non-hydrogen) atoms. The van der Waals surface area contributed by atoms with Crippen LogP contribution in [-0.2, 0) is 18.8 Å². The number of hydrogen-bond donors (Lipinski definition) is 3. The molecule has 11 heteroatoms. The first-order valence-electron chi connectivity index (χ1n) is 6.55. The zero-order valence-corrected chi connectivity index (χ0v) is 12.4. The van der Waals surface area contributed by atoms with Gasteiger partial charge in [-0.2, -0.15) is 0 Å². The van der Waals surface area contributed by atoms with Crippen LogP contribution in [0.2, 0.25) is 0 Å². The molecule has 0 amide bonds. The molecule has 10 nitrogen and oxygen atoms in total. The highest BCUT2D eigenvalue weighted by Crippen LogP contribution is 2.47. The summed E-state index contributed by atoms with van der Waals surface area (Å²) in [6, 6.07) is -1.62. The Morgan fingerprint density at radius 2 is 2.05 bits per heavy atom. The molecular weight excluding hydrogens is 319 g/mol. The van der Waals surface area contributed by atoms with Crippen molar-refractivity contribution in [2.24, 2.45) is 0 Å². The molecule has 0 aliphatic carbocycles. The largest absolute Gasteiger partial charge is 0.381 e. The molecule has 0 radical (unpaired) electrons. The van der Waals surface area contributed by atoms with E-state index in [4.69, 9.17) is 24.0 Å². The maximum Gasteiger partial charge on any atom is 0.381 e. The highest BCUT2D eigenvalue weighted by Gasteiger charge is 2.47. The fourth-order valence-corrected chi connectivity index (χ4v) is 3.10. The van der Waals surface area contributed by atoms with E-state index in [1.54, 1.807) is 6.92 Å². The number of aryl methyl sites for hydroxylation is 1. The van der Waals surface area contributed by atoms with E-state index >= 15 is 0 Å². The van der Waals surface area contributed by atoms with Crippen LogP contribution in [0, 0.1) is 6.92 Å². The second-order valence-corrected chi connectivity index (χ2v) is 6.85. The molecule has 2 fully saturated rings. The van der Waals surface area contributed by atoms with E-state index in [1.807, 2.05) is 0 Å². The molecule has 3 N–H and O–H groups in total. The van der Waals surface area contributed by atoms with Gasteiger partial charge < -0.3 is 24.0 Å². The molecule has 2 aliphatic heterocycles. The van der Waals surface area contributed by atoms with Crippen molar-refractivity contribution in [1.82, 2.24) is 9.55 Å². The number of nitrogens with zero attached hydrogens (tertiary/aromatic N) is 1. The van der Waals surface area contributed by atoms with Gasteiger partial charge in [-0.1, -0.05) is 0 Å². The normalized spacial score (nSPS) is 32.0. The second-order valence-electron chi connectivity index (χ2n) is 5.25. The quantitative estimate of drug-likeness (QED) is 0.586. The lowest BCUT2D eigenvalue weighted by Gasteiger charge is -2.31. The summed E-state index contributed by atoms with van der Waals surface area (Å²) in [6.45, 7) is 1.51. The molecule has 4 atom stereocenters. The number of ether oxygens (including phenoxy) is 3. The van der Waals surface area contributed by atoms with Gasteiger partial charge in [0.25, 0.3) is 11.6 Å². The smallest absolute Gasteiger partial charge is 0.349 e. The molecule has 1 aromatic heterocycles. The van der Waals surface area contributed by atoms with Crippen molar-refractivity contribution in [2.75, 3.05) is 6.61 Å². The third-order valence-electron chi connectivity index (χ3n) is 3.61. The van der Waals surface area contributed by atoms with Crippen molar-refractivity contribution in [1.29, 1.82) is 0 Å². The van der Waals surface area contributed by atoms with E-state index in [9.17, 15) is 14.2 Å². The number of rotatable bonds is 2. The van der Waals surface area contributed by atoms with Crippen LogP contribution in [0.15, 0.2) is 15.8 Å². The number of aromatic nitrogens is 2. The Labute approximate surface area is 123 Å². The molecule has 0 unspecified atom stereocenters. The van der Waals surface area contributed by atoms with E-state index in [1.165, 1.54) is 10.8 Å². The maximum absolute atomic E-state index is 11.8. The number of fused-ring (bicyclic) bond motifs is 1. The van der Waals surface area contributed by atoms with Gasteiger partial charge in [-0.15, -0.1) is 0 Å². The van der Waals surface area contributed by atoms with Gasteiger partial charge in [0.15, 0.2) is 0 Å². The van der Waals surface area contributed by atoms with Gasteiger partial charge in [0.1, 0.15) is 12.3 Å². The molecule has 2 aliphatic rings. The highest BCUT2D eigenvalue weighted by atomic mass is 31.2. The SMILES string of the molecule is Cc1cn([C@H]2C[C@H]3O[C@H](P(=O)(O)O)OC[C@H]3O2)c(=O)[nH]c1=O. The zero-order valence-electron chi connectivity index (χ0n) is 11.5. The monoisotopic (exact) mass is 334 g/mol. The summed E-state index contributed by atoms with van der Waals surface area (Å²) in [4.78, 5) is 43.5. The number of nitrogens with one attached hydrogen (secondary N) is 1. The van der Waals surface area contributed by atoms with Crippen LogP contribution in [-0.4, -0.2) is 44.2 Å². The van der Waals surface area contributed by atoms with Gasteiger partial charge in [0.2, 0.25) is 0 Å². The van der Waals surface area contributed by atoms with Gasteiger partial charge in [-0.25, -0.2) is 4.79 Å². The summed E-state index contributed by atoms with van der Waals surface area (Å²) < 4.78 is 28.2. The van der Waals surface area contributed by atoms with Gasteiger partial charge in [-0.05, 0) is 6.92 Å². The third kappa shape index (κ3) is 2.81. The summed E-state index contributed by atoms with van der Waals surface area (Å²) in [5, 5.41) is 0. The van der Waals surface area contributed by atoms with E-state index in [0.29, 0.717) is 5.56 Å². The summed E-state index contributed by atoms with van der Waals surface area (Å²) in [5.41, 5.74) is -0.743. The molecule has 1 aromatic rings. The predicted molar refractivity (Wildman–Crippen MR) is 71.2 cm³/mol. The Hall–Kier alpha value is -1.29. The molecule has 0 bridgehead atoms. The number of H-pyrrole nitrogens is 1. The van der Waals surface area contributed by atoms with Crippen molar-refractivity contribution >= 4 is 7.60 Å². The standard InChI is InChI=1S/C11H15N2O8P/c1-5-3-13(10(15)12-9(5)14)8-2-6-7(20-8)4-19-11(21-6)22(16,17)18/h3,6-8,11H,2,4H2,1H3,(H,12,14,15)(H2,16,17,18)/t6-,7-,8-,11-/m1/s1. The lowest BCUT2D eigenvalue weighted by atomic mass is 10.2. The average molecular weight is 334 g/mol. The summed E-state index contributed by atoms with van der Waals surface area (Å²) in [6.07, 6.45) is -0.236. The Morgan fingerprint density at radius 1 is 1.32 bits per heavy atom. The van der Waals surface area contributed by atoms with Gasteiger partial charge >= 0.3 is 13.3 Å². The lowest BCUT2D eigenvalue weighted by Crippen LogP contribution is -2.40. The van der Waals surface area contributed by atoms with Crippen molar-refractivity contribution in [3.8, 4) is 0 Å². The van der Waals surface area contributed by atoms with Crippen LogP contribution in [0.3, 0.4) is 0 Å². The van der Waals surface area contributed by atoms with Crippen molar-refractivity contribution in [2.45, 2.75) is 37.8 Å². The minimum Gasteiger partial charge on any atom is -0.349 e.